The monoisotopic (exact) mass is 323 g/mol. The average Bonchev–Trinajstić information content (AvgIpc) is 3.03. The van der Waals surface area contributed by atoms with E-state index in [0.29, 0.717) is 12.6 Å². The van der Waals surface area contributed by atoms with Gasteiger partial charge >= 0.3 is 0 Å². The maximum absolute atomic E-state index is 5.27. The van der Waals surface area contributed by atoms with Gasteiger partial charge in [0.15, 0.2) is 0 Å². The number of hydrogen-bond donors (Lipinski definition) is 2. The Morgan fingerprint density at radius 2 is 1.83 bits per heavy atom. The third-order valence-electron chi connectivity index (χ3n) is 4.43. The van der Waals surface area contributed by atoms with Crippen LogP contribution in [0.1, 0.15) is 30.2 Å². The molecule has 0 aliphatic rings. The summed E-state index contributed by atoms with van der Waals surface area (Å²) in [6, 6.07) is 17.1. The lowest BCUT2D eigenvalue weighted by Crippen LogP contribution is -2.26. The fourth-order valence-corrected chi connectivity index (χ4v) is 2.98. The molecule has 3 aromatic rings. The van der Waals surface area contributed by atoms with Gasteiger partial charge in [0.05, 0.1) is 12.1 Å². The van der Waals surface area contributed by atoms with Crippen molar-refractivity contribution in [3.63, 3.8) is 0 Å². The van der Waals surface area contributed by atoms with Gasteiger partial charge < -0.3 is 10.1 Å². The Bertz CT molecular complexity index is 781. The third-order valence-corrected chi connectivity index (χ3v) is 4.43. The molecule has 0 amide bonds. The fourth-order valence-electron chi connectivity index (χ4n) is 2.98. The fraction of sp³-hybridized carbons (Fsp3) is 0.350. The molecule has 0 radical (unpaired) electrons. The Morgan fingerprint density at radius 1 is 1.08 bits per heavy atom. The number of ether oxygens (including phenoxy) is 1. The molecule has 2 N–H and O–H groups in total. The summed E-state index contributed by atoms with van der Waals surface area (Å²) < 4.78 is 5.27. The molecule has 24 heavy (non-hydrogen) atoms. The Hall–Kier alpha value is -2.17. The van der Waals surface area contributed by atoms with Crippen LogP contribution in [-0.4, -0.2) is 23.3 Å². The highest BCUT2D eigenvalue weighted by Crippen LogP contribution is 2.17. The summed E-state index contributed by atoms with van der Waals surface area (Å²) in [7, 11) is 1.74. The maximum atomic E-state index is 5.27. The SMILES string of the molecule is COCc1ccccc1CN[C@@H](C)CCc1[nH]nc2ccccc12. The number of benzene rings is 2. The van der Waals surface area contributed by atoms with E-state index >= 15 is 0 Å². The Labute approximate surface area is 143 Å². The summed E-state index contributed by atoms with van der Waals surface area (Å²) in [5, 5.41) is 12.4. The minimum absolute atomic E-state index is 0.433. The molecule has 0 aliphatic heterocycles. The zero-order valence-corrected chi connectivity index (χ0v) is 14.4. The van der Waals surface area contributed by atoms with Crippen molar-refractivity contribution in [3.05, 3.63) is 65.4 Å². The number of aromatic nitrogens is 2. The van der Waals surface area contributed by atoms with E-state index in [1.807, 2.05) is 12.1 Å². The van der Waals surface area contributed by atoms with Crippen molar-refractivity contribution >= 4 is 10.9 Å². The van der Waals surface area contributed by atoms with Gasteiger partial charge in [0, 0.05) is 30.8 Å². The van der Waals surface area contributed by atoms with Gasteiger partial charge in [0.1, 0.15) is 0 Å². The molecule has 0 aliphatic carbocycles. The van der Waals surface area contributed by atoms with Crippen LogP contribution in [0.4, 0.5) is 0 Å². The Kier molecular flexibility index (Phi) is 5.62. The lowest BCUT2D eigenvalue weighted by Gasteiger charge is -2.15. The van der Waals surface area contributed by atoms with Gasteiger partial charge in [-0.3, -0.25) is 5.10 Å². The van der Waals surface area contributed by atoms with E-state index in [4.69, 9.17) is 4.74 Å². The number of nitrogens with one attached hydrogen (secondary N) is 2. The highest BCUT2D eigenvalue weighted by molar-refractivity contribution is 5.81. The molecule has 0 fully saturated rings. The van der Waals surface area contributed by atoms with Crippen LogP contribution in [0.25, 0.3) is 10.9 Å². The lowest BCUT2D eigenvalue weighted by atomic mass is 10.1. The number of fused-ring (bicyclic) bond motifs is 1. The molecule has 1 aromatic heterocycles. The predicted octanol–water partition coefficient (Wildman–Crippen LogP) is 3.82. The summed E-state index contributed by atoms with van der Waals surface area (Å²) in [5.74, 6) is 0. The van der Waals surface area contributed by atoms with Crippen molar-refractivity contribution in [2.24, 2.45) is 0 Å². The molecule has 0 saturated heterocycles. The van der Waals surface area contributed by atoms with E-state index in [0.717, 1.165) is 24.9 Å². The molecule has 2 aromatic carbocycles. The largest absolute Gasteiger partial charge is 0.380 e. The van der Waals surface area contributed by atoms with E-state index in [9.17, 15) is 0 Å². The van der Waals surface area contributed by atoms with Crippen molar-refractivity contribution in [1.82, 2.24) is 15.5 Å². The van der Waals surface area contributed by atoms with Gasteiger partial charge in [-0.2, -0.15) is 5.10 Å². The molecule has 1 heterocycles. The number of aromatic amines is 1. The molecule has 0 bridgehead atoms. The number of H-pyrrole nitrogens is 1. The van der Waals surface area contributed by atoms with Crippen molar-refractivity contribution in [3.8, 4) is 0 Å². The summed E-state index contributed by atoms with van der Waals surface area (Å²) >= 11 is 0. The first-order chi connectivity index (χ1) is 11.8. The number of methoxy groups -OCH3 is 1. The van der Waals surface area contributed by atoms with E-state index in [-0.39, 0.29) is 0 Å². The van der Waals surface area contributed by atoms with Crippen LogP contribution in [0.15, 0.2) is 48.5 Å². The Morgan fingerprint density at radius 3 is 2.67 bits per heavy atom. The van der Waals surface area contributed by atoms with Crippen LogP contribution >= 0.6 is 0 Å². The van der Waals surface area contributed by atoms with Gasteiger partial charge in [-0.25, -0.2) is 0 Å². The molecule has 0 saturated carbocycles. The van der Waals surface area contributed by atoms with Crippen molar-refractivity contribution < 1.29 is 4.74 Å². The zero-order valence-electron chi connectivity index (χ0n) is 14.4. The second-order valence-electron chi connectivity index (χ2n) is 6.24. The van der Waals surface area contributed by atoms with Gasteiger partial charge in [-0.15, -0.1) is 0 Å². The standard InChI is InChI=1S/C20H25N3O/c1-15(21-13-16-7-3-4-8-17(16)14-24-2)11-12-20-18-9-5-6-10-19(18)22-23-20/h3-10,15,21H,11-14H2,1-2H3,(H,22,23)/t15-/m0/s1. The molecule has 0 unspecified atom stereocenters. The zero-order chi connectivity index (χ0) is 16.8. The van der Waals surface area contributed by atoms with Crippen LogP contribution in [0, 0.1) is 0 Å². The van der Waals surface area contributed by atoms with Crippen LogP contribution in [0.3, 0.4) is 0 Å². The molecule has 1 atom stereocenters. The van der Waals surface area contributed by atoms with Gasteiger partial charge in [0.2, 0.25) is 0 Å². The first-order valence-electron chi connectivity index (χ1n) is 8.49. The highest BCUT2D eigenvalue weighted by atomic mass is 16.5. The molecule has 0 spiro atoms. The molecule has 4 nitrogen and oxygen atoms in total. The highest BCUT2D eigenvalue weighted by Gasteiger charge is 2.08. The number of aryl methyl sites for hydroxylation is 1. The van der Waals surface area contributed by atoms with E-state index in [2.05, 4.69) is 58.8 Å². The van der Waals surface area contributed by atoms with Gasteiger partial charge in [-0.05, 0) is 37.0 Å². The van der Waals surface area contributed by atoms with Crippen molar-refractivity contribution in [2.75, 3.05) is 7.11 Å². The smallest absolute Gasteiger partial charge is 0.0923 e. The lowest BCUT2D eigenvalue weighted by molar-refractivity contribution is 0.184. The summed E-state index contributed by atoms with van der Waals surface area (Å²) in [6.45, 7) is 3.76. The van der Waals surface area contributed by atoms with Crippen LogP contribution in [0.2, 0.25) is 0 Å². The quantitative estimate of drug-likeness (QED) is 0.662. The summed E-state index contributed by atoms with van der Waals surface area (Å²) in [5.41, 5.74) is 4.82. The normalized spacial score (nSPS) is 12.6. The van der Waals surface area contributed by atoms with E-state index in [1.54, 1.807) is 7.11 Å². The molecular weight excluding hydrogens is 298 g/mol. The van der Waals surface area contributed by atoms with Crippen LogP contribution in [0.5, 0.6) is 0 Å². The number of para-hydroxylation sites is 1. The van der Waals surface area contributed by atoms with Crippen molar-refractivity contribution in [1.29, 1.82) is 0 Å². The number of rotatable bonds is 8. The van der Waals surface area contributed by atoms with Gasteiger partial charge in [0.25, 0.3) is 0 Å². The van der Waals surface area contributed by atoms with Crippen LogP contribution < -0.4 is 5.32 Å². The molecular formula is C20H25N3O. The van der Waals surface area contributed by atoms with E-state index in [1.165, 1.54) is 22.2 Å². The predicted molar refractivity (Wildman–Crippen MR) is 97.9 cm³/mol. The molecule has 126 valence electrons. The number of hydrogen-bond acceptors (Lipinski definition) is 3. The van der Waals surface area contributed by atoms with E-state index < -0.39 is 0 Å². The second kappa shape index (κ2) is 8.08. The Balaban J connectivity index is 1.54. The second-order valence-corrected chi connectivity index (χ2v) is 6.24. The first kappa shape index (κ1) is 16.7. The van der Waals surface area contributed by atoms with Crippen molar-refractivity contribution in [2.45, 2.75) is 39.0 Å². The molecule has 3 rings (SSSR count). The summed E-state index contributed by atoms with van der Waals surface area (Å²) in [4.78, 5) is 0. The topological polar surface area (TPSA) is 49.9 Å². The third kappa shape index (κ3) is 4.02. The minimum atomic E-state index is 0.433. The van der Waals surface area contributed by atoms with Crippen LogP contribution in [-0.2, 0) is 24.3 Å². The average molecular weight is 323 g/mol. The summed E-state index contributed by atoms with van der Waals surface area (Å²) in [6.07, 6.45) is 2.06. The number of nitrogens with zero attached hydrogens (tertiary/aromatic N) is 1. The van der Waals surface area contributed by atoms with Gasteiger partial charge in [-0.1, -0.05) is 42.5 Å². The maximum Gasteiger partial charge on any atom is 0.0923 e. The molecule has 4 heteroatoms. The minimum Gasteiger partial charge on any atom is -0.380 e. The first-order valence-corrected chi connectivity index (χ1v) is 8.49.